The minimum Gasteiger partial charge on any atom is -0.267 e. The molecule has 0 fully saturated rings. The lowest BCUT2D eigenvalue weighted by Gasteiger charge is -2.44. The van der Waals surface area contributed by atoms with Crippen LogP contribution >= 0.6 is 0 Å². The van der Waals surface area contributed by atoms with E-state index in [2.05, 4.69) is 77.7 Å². The highest BCUT2D eigenvalue weighted by atomic mass is 15.2. The average Bonchev–Trinajstić information content (AvgIpc) is 3.48. The molecule has 0 saturated heterocycles. The molecule has 0 N–H and O–H groups in total. The van der Waals surface area contributed by atoms with Crippen molar-refractivity contribution in [3.8, 4) is 40.0 Å². The maximum absolute atomic E-state index is 5.00. The van der Waals surface area contributed by atoms with Crippen LogP contribution in [0.2, 0.25) is 0 Å². The summed E-state index contributed by atoms with van der Waals surface area (Å²) in [7, 11) is 0. The molecule has 6 nitrogen and oxygen atoms in total. The summed E-state index contributed by atoms with van der Waals surface area (Å²) in [5.74, 6) is 1.69. The molecule has 6 heteroatoms. The van der Waals surface area contributed by atoms with Crippen LogP contribution in [-0.2, 0) is 10.8 Å². The highest BCUT2D eigenvalue weighted by Gasteiger charge is 2.56. The predicted molar refractivity (Wildman–Crippen MR) is 173 cm³/mol. The Kier molecular flexibility index (Phi) is 5.93. The van der Waals surface area contributed by atoms with Crippen LogP contribution in [0.25, 0.3) is 51.0 Å². The van der Waals surface area contributed by atoms with Gasteiger partial charge in [0.2, 0.25) is 5.95 Å². The number of aryl methyl sites for hydroxylation is 1. The molecule has 0 atom stereocenters. The first-order valence-electron chi connectivity index (χ1n) is 14.9. The van der Waals surface area contributed by atoms with Gasteiger partial charge in [-0.3, -0.25) is 9.55 Å². The van der Waals surface area contributed by atoms with Crippen molar-refractivity contribution in [2.24, 2.45) is 5.41 Å². The zero-order chi connectivity index (χ0) is 30.1. The van der Waals surface area contributed by atoms with Crippen molar-refractivity contribution in [2.75, 3.05) is 0 Å². The number of pyridine rings is 1. The summed E-state index contributed by atoms with van der Waals surface area (Å²) in [6, 6.07) is 27.0. The van der Waals surface area contributed by atoms with Crippen LogP contribution in [0, 0.1) is 12.3 Å². The van der Waals surface area contributed by atoms with Gasteiger partial charge in [-0.25, -0.2) is 9.97 Å². The molecule has 214 valence electrons. The Morgan fingerprint density at radius 2 is 1.28 bits per heavy atom. The van der Waals surface area contributed by atoms with Crippen LogP contribution in [0.4, 0.5) is 0 Å². The smallest absolute Gasteiger partial charge is 0.239 e. The van der Waals surface area contributed by atoms with E-state index in [1.807, 2.05) is 65.4 Å². The molecule has 3 aromatic heterocycles. The monoisotopic (exact) mass is 564 g/mol. The van der Waals surface area contributed by atoms with E-state index in [0.717, 1.165) is 39.0 Å². The zero-order valence-corrected chi connectivity index (χ0v) is 25.8. The molecule has 0 aliphatic heterocycles. The summed E-state index contributed by atoms with van der Waals surface area (Å²) in [6.45, 7) is 16.4. The van der Waals surface area contributed by atoms with Crippen molar-refractivity contribution >= 4 is 11.0 Å². The van der Waals surface area contributed by atoms with E-state index < -0.39 is 0 Å². The molecule has 7 rings (SSSR count). The van der Waals surface area contributed by atoms with Crippen LogP contribution in [0.15, 0.2) is 91.4 Å². The minimum atomic E-state index is 0.0301. The van der Waals surface area contributed by atoms with Gasteiger partial charge in [0.05, 0.1) is 16.7 Å². The second-order valence-corrected chi connectivity index (χ2v) is 13.3. The predicted octanol–water partition coefficient (Wildman–Crippen LogP) is 8.51. The summed E-state index contributed by atoms with van der Waals surface area (Å²) < 4.78 is 1.91. The van der Waals surface area contributed by atoms with Crippen LogP contribution in [0.3, 0.4) is 0 Å². The molecule has 1 aliphatic carbocycles. The number of para-hydroxylation sites is 2. The first-order chi connectivity index (χ1) is 20.5. The third kappa shape index (κ3) is 4.03. The van der Waals surface area contributed by atoms with Gasteiger partial charge in [0.15, 0.2) is 11.6 Å². The molecule has 6 aromatic rings. The largest absolute Gasteiger partial charge is 0.267 e. The fraction of sp³-hybridized carbons (Fsp3) is 0.270. The molecule has 1 aliphatic rings. The Morgan fingerprint density at radius 3 is 2.02 bits per heavy atom. The molecule has 0 radical (unpaired) electrons. The summed E-state index contributed by atoms with van der Waals surface area (Å²) in [5.41, 5.74) is 9.83. The Bertz CT molecular complexity index is 2020. The summed E-state index contributed by atoms with van der Waals surface area (Å²) in [5, 5.41) is 0. The SMILES string of the molecule is Cc1cc(-c2nc(-c3ccccc3)nc(-n3cnc4ccccc43)n2)cnc1-c1ccc2c(c1)C(C)(C)C(C)(C)C2(C)C. The first kappa shape index (κ1) is 27.1. The fourth-order valence-electron chi connectivity index (χ4n) is 6.64. The van der Waals surface area contributed by atoms with Gasteiger partial charge in [0.25, 0.3) is 0 Å². The van der Waals surface area contributed by atoms with Crippen LogP contribution in [0.1, 0.15) is 58.2 Å². The van der Waals surface area contributed by atoms with E-state index in [9.17, 15) is 0 Å². The summed E-state index contributed by atoms with van der Waals surface area (Å²) in [6.07, 6.45) is 3.65. The van der Waals surface area contributed by atoms with E-state index in [4.69, 9.17) is 19.9 Å². The Hall–Kier alpha value is -4.71. The number of hydrogen-bond acceptors (Lipinski definition) is 5. The quantitative estimate of drug-likeness (QED) is 0.215. The van der Waals surface area contributed by atoms with Gasteiger partial charge in [-0.15, -0.1) is 0 Å². The number of nitrogens with zero attached hydrogens (tertiary/aromatic N) is 6. The van der Waals surface area contributed by atoms with Crippen molar-refractivity contribution in [1.82, 2.24) is 29.5 Å². The molecule has 0 amide bonds. The van der Waals surface area contributed by atoms with Gasteiger partial charge in [-0.1, -0.05) is 96.1 Å². The molecule has 0 saturated carbocycles. The topological polar surface area (TPSA) is 69.4 Å². The van der Waals surface area contributed by atoms with Crippen molar-refractivity contribution in [2.45, 2.75) is 59.3 Å². The summed E-state index contributed by atoms with van der Waals surface area (Å²) >= 11 is 0. The number of hydrogen-bond donors (Lipinski definition) is 0. The van der Waals surface area contributed by atoms with Crippen molar-refractivity contribution in [3.05, 3.63) is 108 Å². The van der Waals surface area contributed by atoms with Crippen LogP contribution in [0.5, 0.6) is 0 Å². The van der Waals surface area contributed by atoms with Gasteiger partial charge in [-0.05, 0) is 64.1 Å². The minimum absolute atomic E-state index is 0.0301. The van der Waals surface area contributed by atoms with Gasteiger partial charge in [0.1, 0.15) is 6.33 Å². The van der Waals surface area contributed by atoms with Crippen molar-refractivity contribution in [1.29, 1.82) is 0 Å². The standard InChI is InChI=1S/C37H36N6/c1-23-19-26(21-38-31(23)25-17-18-27-28(20-25)36(4,5)37(6,7)35(27,2)3)33-40-32(24-13-9-8-10-14-24)41-34(42-33)43-22-39-29-15-11-12-16-30(29)43/h8-22H,1-7H3. The second kappa shape index (κ2) is 9.40. The van der Waals surface area contributed by atoms with Gasteiger partial charge < -0.3 is 0 Å². The third-order valence-electron chi connectivity index (χ3n) is 10.4. The molecule has 0 unspecified atom stereocenters. The lowest BCUT2D eigenvalue weighted by molar-refractivity contribution is 0.125. The average molecular weight is 565 g/mol. The van der Waals surface area contributed by atoms with Gasteiger partial charge >= 0.3 is 0 Å². The van der Waals surface area contributed by atoms with Gasteiger partial charge in [0, 0.05) is 22.9 Å². The molecule has 3 heterocycles. The first-order valence-corrected chi connectivity index (χ1v) is 14.9. The lowest BCUT2D eigenvalue weighted by Crippen LogP contribution is -2.42. The number of imidazole rings is 1. The van der Waals surface area contributed by atoms with E-state index in [1.54, 1.807) is 6.33 Å². The van der Waals surface area contributed by atoms with Gasteiger partial charge in [-0.2, -0.15) is 9.97 Å². The zero-order valence-electron chi connectivity index (χ0n) is 25.8. The molecule has 0 bridgehead atoms. The normalized spacial score (nSPS) is 16.3. The third-order valence-corrected chi connectivity index (χ3v) is 10.4. The van der Waals surface area contributed by atoms with Crippen LogP contribution < -0.4 is 0 Å². The summed E-state index contributed by atoms with van der Waals surface area (Å²) in [4.78, 5) is 24.3. The highest BCUT2D eigenvalue weighted by molar-refractivity contribution is 5.77. The lowest BCUT2D eigenvalue weighted by atomic mass is 9.59. The van der Waals surface area contributed by atoms with Crippen LogP contribution in [-0.4, -0.2) is 29.5 Å². The Balaban J connectivity index is 1.34. The maximum Gasteiger partial charge on any atom is 0.239 e. The van der Waals surface area contributed by atoms with E-state index in [-0.39, 0.29) is 16.2 Å². The fourth-order valence-corrected chi connectivity index (χ4v) is 6.64. The van der Waals surface area contributed by atoms with E-state index >= 15 is 0 Å². The highest BCUT2D eigenvalue weighted by Crippen LogP contribution is 2.61. The number of fused-ring (bicyclic) bond motifs is 2. The van der Waals surface area contributed by atoms with Crippen molar-refractivity contribution < 1.29 is 0 Å². The second-order valence-electron chi connectivity index (χ2n) is 13.3. The van der Waals surface area contributed by atoms with Crippen molar-refractivity contribution in [3.63, 3.8) is 0 Å². The number of rotatable bonds is 4. The molecule has 43 heavy (non-hydrogen) atoms. The Morgan fingerprint density at radius 1 is 0.605 bits per heavy atom. The van der Waals surface area contributed by atoms with E-state index in [1.165, 1.54) is 11.1 Å². The van der Waals surface area contributed by atoms with E-state index in [0.29, 0.717) is 17.6 Å². The molecular formula is C37H36N6. The number of benzene rings is 3. The molecule has 3 aromatic carbocycles. The number of aromatic nitrogens is 6. The molecular weight excluding hydrogens is 528 g/mol. The maximum atomic E-state index is 5.00. The Labute approximate surface area is 253 Å². The molecule has 0 spiro atoms.